The maximum atomic E-state index is 12.8. The van der Waals surface area contributed by atoms with E-state index in [1.54, 1.807) is 0 Å². The van der Waals surface area contributed by atoms with Gasteiger partial charge < -0.3 is 25.2 Å². The monoisotopic (exact) mass is 829 g/mol. The van der Waals surface area contributed by atoms with Gasteiger partial charge in [0.25, 0.3) is 0 Å². The summed E-state index contributed by atoms with van der Waals surface area (Å²) in [5.74, 6) is -1.90. The van der Waals surface area contributed by atoms with Crippen LogP contribution in [0.5, 0.6) is 5.75 Å². The fourth-order valence-corrected chi connectivity index (χ4v) is 10.1. The van der Waals surface area contributed by atoms with Crippen LogP contribution in [0.1, 0.15) is 188 Å². The smallest absolute Gasteiger partial charge is 0.313 e. The minimum atomic E-state index is -0.864. The summed E-state index contributed by atoms with van der Waals surface area (Å²) in [4.78, 5) is 47.5. The van der Waals surface area contributed by atoms with Gasteiger partial charge in [-0.05, 0) is 156 Å². The zero-order valence-electron chi connectivity index (χ0n) is 36.4. The van der Waals surface area contributed by atoms with Crippen molar-refractivity contribution in [1.29, 1.82) is 0 Å². The van der Waals surface area contributed by atoms with E-state index in [1.807, 2.05) is 12.1 Å². The van der Waals surface area contributed by atoms with E-state index < -0.39 is 45.5 Å². The van der Waals surface area contributed by atoms with Gasteiger partial charge in [-0.15, -0.1) is 0 Å². The molecule has 2 unspecified atom stereocenters. The van der Waals surface area contributed by atoms with Crippen LogP contribution in [-0.4, -0.2) is 50.4 Å². The van der Waals surface area contributed by atoms with Crippen LogP contribution in [0.2, 0.25) is 0 Å². The molecule has 4 saturated carbocycles. The summed E-state index contributed by atoms with van der Waals surface area (Å²) in [5.41, 5.74) is 4.31. The second-order valence-electron chi connectivity index (χ2n) is 19.6. The number of hydrogen-bond acceptors (Lipinski definition) is 5. The standard InChI is InChI=1S/C51H72O9/c1-37-18-16-21-38(40(37)23-10-2-4-12-26-48(30-31-48)44(52)53)19-9-7-15-29-51(47(58)59)36-43(51)60-42-25-17-22-39(20-8-6-14-28-50(34-35-50)46(56)57)41(42)24-11-3-5-13-27-49(32-33-49)45(54)55/h16-18,21-22,25,43H,2-15,19-20,23-24,26-36H2,1H3,(H,52,53)(H,54,55)(H,56,57)(H,58,59). The van der Waals surface area contributed by atoms with E-state index in [0.29, 0.717) is 12.8 Å². The predicted octanol–water partition coefficient (Wildman–Crippen LogP) is 11.7. The van der Waals surface area contributed by atoms with Crippen molar-refractivity contribution in [3.63, 3.8) is 0 Å². The lowest BCUT2D eigenvalue weighted by atomic mass is 9.92. The molecule has 0 saturated heterocycles. The van der Waals surface area contributed by atoms with Gasteiger partial charge in [0.05, 0.1) is 16.2 Å². The molecule has 9 heteroatoms. The number of unbranched alkanes of at least 4 members (excludes halogenated alkanes) is 10. The zero-order chi connectivity index (χ0) is 42.8. The molecule has 0 bridgehead atoms. The minimum Gasteiger partial charge on any atom is -0.489 e. The van der Waals surface area contributed by atoms with Gasteiger partial charge in [0.2, 0.25) is 0 Å². The topological polar surface area (TPSA) is 158 Å². The number of carboxylic acids is 4. The van der Waals surface area contributed by atoms with Crippen LogP contribution in [0.3, 0.4) is 0 Å². The van der Waals surface area contributed by atoms with Crippen molar-refractivity contribution in [3.8, 4) is 5.75 Å². The van der Waals surface area contributed by atoms with Crippen LogP contribution in [0.4, 0.5) is 0 Å². The summed E-state index contributed by atoms with van der Waals surface area (Å²) in [6, 6.07) is 12.8. The Morgan fingerprint density at radius 1 is 0.500 bits per heavy atom. The number of aryl methyl sites for hydroxylation is 3. The lowest BCUT2D eigenvalue weighted by molar-refractivity contribution is -0.145. The molecule has 4 N–H and O–H groups in total. The summed E-state index contributed by atoms with van der Waals surface area (Å²) < 4.78 is 6.65. The van der Waals surface area contributed by atoms with Crippen molar-refractivity contribution >= 4 is 23.9 Å². The van der Waals surface area contributed by atoms with Gasteiger partial charge >= 0.3 is 23.9 Å². The van der Waals surface area contributed by atoms with E-state index in [0.717, 1.165) is 185 Å². The van der Waals surface area contributed by atoms with E-state index in [9.17, 15) is 39.6 Å². The van der Waals surface area contributed by atoms with Crippen molar-refractivity contribution in [3.05, 3.63) is 64.2 Å². The lowest BCUT2D eigenvalue weighted by Crippen LogP contribution is -2.22. The number of rotatable bonds is 32. The first kappa shape index (κ1) is 45.6. The van der Waals surface area contributed by atoms with Crippen LogP contribution in [0.15, 0.2) is 36.4 Å². The van der Waals surface area contributed by atoms with Crippen molar-refractivity contribution in [2.45, 2.75) is 199 Å². The van der Waals surface area contributed by atoms with Crippen LogP contribution in [0, 0.1) is 28.6 Å². The Bertz CT molecular complexity index is 1800. The highest BCUT2D eigenvalue weighted by molar-refractivity contribution is 5.80. The minimum absolute atomic E-state index is 0.359. The maximum Gasteiger partial charge on any atom is 0.313 e. The summed E-state index contributed by atoms with van der Waals surface area (Å²) in [6.07, 6.45) is 25.4. The molecule has 4 aliphatic carbocycles. The van der Waals surface area contributed by atoms with E-state index >= 15 is 0 Å². The first-order chi connectivity index (χ1) is 28.9. The van der Waals surface area contributed by atoms with Crippen molar-refractivity contribution in [2.75, 3.05) is 0 Å². The Labute approximate surface area is 358 Å². The fourth-order valence-electron chi connectivity index (χ4n) is 10.1. The molecule has 2 atom stereocenters. The first-order valence-electron chi connectivity index (χ1n) is 23.6. The van der Waals surface area contributed by atoms with E-state index in [-0.39, 0.29) is 6.10 Å². The molecule has 0 aromatic heterocycles. The molecule has 60 heavy (non-hydrogen) atoms. The Morgan fingerprint density at radius 2 is 0.900 bits per heavy atom. The fraction of sp³-hybridized carbons (Fsp3) is 0.686. The Balaban J connectivity index is 0.969. The van der Waals surface area contributed by atoms with Gasteiger partial charge in [0.1, 0.15) is 17.3 Å². The molecule has 330 valence electrons. The number of ether oxygens (including phenoxy) is 1. The highest BCUT2D eigenvalue weighted by atomic mass is 16.5. The zero-order valence-corrected chi connectivity index (χ0v) is 36.4. The molecule has 0 heterocycles. The van der Waals surface area contributed by atoms with Gasteiger partial charge in [0, 0.05) is 6.42 Å². The third-order valence-corrected chi connectivity index (χ3v) is 15.2. The van der Waals surface area contributed by atoms with Gasteiger partial charge in [-0.2, -0.15) is 0 Å². The average Bonchev–Trinajstić information content (AvgIpc) is 4.02. The van der Waals surface area contributed by atoms with Gasteiger partial charge in [-0.25, -0.2) is 0 Å². The Morgan fingerprint density at radius 3 is 1.37 bits per heavy atom. The Kier molecular flexibility index (Phi) is 15.5. The van der Waals surface area contributed by atoms with Crippen molar-refractivity contribution in [1.82, 2.24) is 0 Å². The number of hydrogen-bond donors (Lipinski definition) is 4. The van der Waals surface area contributed by atoms with E-state index in [2.05, 4.69) is 31.2 Å². The Hall–Kier alpha value is -3.88. The molecule has 0 amide bonds. The van der Waals surface area contributed by atoms with Gasteiger partial charge in [0.15, 0.2) is 0 Å². The van der Waals surface area contributed by atoms with Gasteiger partial charge in [-0.1, -0.05) is 94.5 Å². The molecule has 0 aliphatic heterocycles. The second-order valence-corrected chi connectivity index (χ2v) is 19.6. The second kappa shape index (κ2) is 20.3. The van der Waals surface area contributed by atoms with Crippen LogP contribution in [0.25, 0.3) is 0 Å². The molecule has 2 aromatic rings. The maximum absolute atomic E-state index is 12.8. The summed E-state index contributed by atoms with van der Waals surface area (Å²) in [5, 5.41) is 39.1. The lowest BCUT2D eigenvalue weighted by Gasteiger charge is -2.19. The third-order valence-electron chi connectivity index (χ3n) is 15.2. The summed E-state index contributed by atoms with van der Waals surface area (Å²) in [7, 11) is 0. The number of carbonyl (C=O) groups is 4. The van der Waals surface area contributed by atoms with E-state index in [1.165, 1.54) is 22.3 Å². The largest absolute Gasteiger partial charge is 0.489 e. The summed E-state index contributed by atoms with van der Waals surface area (Å²) >= 11 is 0. The highest BCUT2D eigenvalue weighted by Crippen LogP contribution is 2.54. The van der Waals surface area contributed by atoms with Crippen LogP contribution in [-0.2, 0) is 44.9 Å². The summed E-state index contributed by atoms with van der Waals surface area (Å²) in [6.45, 7) is 2.19. The molecule has 0 radical (unpaired) electrons. The molecule has 2 aromatic carbocycles. The SMILES string of the molecule is Cc1cccc(CCCCCC2(C(=O)O)CC2Oc2cccc(CCCCCC3(C(=O)O)CC3)c2CCCCCCC2(C(=O)O)CC2)c1CCCCCCC1(C(=O)O)CC1. The molecule has 6 rings (SSSR count). The normalized spacial score (nSPS) is 21.2. The van der Waals surface area contributed by atoms with E-state index in [4.69, 9.17) is 4.74 Å². The van der Waals surface area contributed by atoms with Crippen molar-refractivity contribution in [2.24, 2.45) is 21.7 Å². The average molecular weight is 829 g/mol. The van der Waals surface area contributed by atoms with Crippen LogP contribution < -0.4 is 4.74 Å². The number of carboxylic acid groups (broad SMARTS) is 4. The molecular formula is C51H72O9. The highest BCUT2D eigenvalue weighted by Gasteiger charge is 2.62. The van der Waals surface area contributed by atoms with Crippen molar-refractivity contribution < 1.29 is 44.3 Å². The molecule has 4 fully saturated rings. The molecule has 4 aliphatic rings. The number of aliphatic carboxylic acids is 4. The molecule has 0 spiro atoms. The first-order valence-corrected chi connectivity index (χ1v) is 23.6. The third kappa shape index (κ3) is 11.7. The predicted molar refractivity (Wildman–Crippen MR) is 233 cm³/mol. The molecule has 9 nitrogen and oxygen atoms in total. The molecular weight excluding hydrogens is 757 g/mol. The van der Waals surface area contributed by atoms with Crippen LogP contribution >= 0.6 is 0 Å². The quantitative estimate of drug-likeness (QED) is 0.0527. The number of benzene rings is 2. The van der Waals surface area contributed by atoms with Gasteiger partial charge in [-0.3, -0.25) is 19.2 Å².